The molecule has 0 saturated carbocycles. The second-order valence-electron chi connectivity index (χ2n) is 4.94. The molecule has 1 aromatic rings. The number of aromatic nitrogens is 4. The van der Waals surface area contributed by atoms with E-state index in [1.807, 2.05) is 0 Å². The molecule has 1 heterocycles. The number of hydrazine groups is 1. The molecule has 0 fully saturated rings. The van der Waals surface area contributed by atoms with Gasteiger partial charge < -0.3 is 0 Å². The zero-order valence-corrected chi connectivity index (χ0v) is 12.0. The SMILES string of the molecule is CCN(CC)C(C)(C)C(Cc1nnn(C)n1)NN. The molecule has 18 heavy (non-hydrogen) atoms. The van der Waals surface area contributed by atoms with Crippen LogP contribution in [-0.2, 0) is 13.5 Å². The number of tetrazole rings is 1. The Hall–Kier alpha value is -1.05. The number of hydrogen-bond donors (Lipinski definition) is 2. The summed E-state index contributed by atoms with van der Waals surface area (Å²) in [6.45, 7) is 10.6. The van der Waals surface area contributed by atoms with Crippen LogP contribution in [-0.4, -0.2) is 49.8 Å². The van der Waals surface area contributed by atoms with Crippen LogP contribution in [0.4, 0.5) is 0 Å². The van der Waals surface area contributed by atoms with Gasteiger partial charge in [-0.2, -0.15) is 4.80 Å². The Morgan fingerprint density at radius 1 is 1.39 bits per heavy atom. The maximum atomic E-state index is 5.70. The first-order valence-corrected chi connectivity index (χ1v) is 6.39. The van der Waals surface area contributed by atoms with E-state index in [1.54, 1.807) is 7.05 Å². The highest BCUT2D eigenvalue weighted by Crippen LogP contribution is 2.20. The number of nitrogens with two attached hydrogens (primary N) is 1. The molecule has 104 valence electrons. The lowest BCUT2D eigenvalue weighted by Crippen LogP contribution is -2.60. The predicted molar refractivity (Wildman–Crippen MR) is 70.6 cm³/mol. The lowest BCUT2D eigenvalue weighted by Gasteiger charge is -2.42. The molecule has 7 nitrogen and oxygen atoms in total. The van der Waals surface area contributed by atoms with Crippen molar-refractivity contribution in [2.45, 2.75) is 45.7 Å². The molecule has 1 aromatic heterocycles. The van der Waals surface area contributed by atoms with Gasteiger partial charge in [0.1, 0.15) is 0 Å². The van der Waals surface area contributed by atoms with E-state index in [2.05, 4.69) is 53.4 Å². The van der Waals surface area contributed by atoms with Crippen LogP contribution < -0.4 is 11.3 Å². The van der Waals surface area contributed by atoms with Gasteiger partial charge in [0.25, 0.3) is 0 Å². The zero-order chi connectivity index (χ0) is 13.8. The Bertz CT molecular complexity index is 356. The molecular formula is C11H25N7. The van der Waals surface area contributed by atoms with E-state index >= 15 is 0 Å². The Labute approximate surface area is 109 Å². The fourth-order valence-electron chi connectivity index (χ4n) is 2.36. The molecule has 0 radical (unpaired) electrons. The monoisotopic (exact) mass is 255 g/mol. The molecular weight excluding hydrogens is 230 g/mol. The van der Waals surface area contributed by atoms with Gasteiger partial charge in [-0.05, 0) is 32.2 Å². The molecule has 0 bridgehead atoms. The standard InChI is InChI=1S/C11H25N7/c1-6-18(7-2)11(3,4)9(13-12)8-10-14-16-17(5)15-10/h9,13H,6-8,12H2,1-5H3. The lowest BCUT2D eigenvalue weighted by atomic mass is 9.90. The first kappa shape index (κ1) is 15.0. The number of nitrogens with one attached hydrogen (secondary N) is 1. The average Bonchev–Trinajstić information content (AvgIpc) is 2.72. The Kier molecular flexibility index (Phi) is 5.18. The van der Waals surface area contributed by atoms with Crippen LogP contribution in [0.1, 0.15) is 33.5 Å². The lowest BCUT2D eigenvalue weighted by molar-refractivity contribution is 0.0903. The van der Waals surface area contributed by atoms with Crippen molar-refractivity contribution in [3.05, 3.63) is 5.82 Å². The van der Waals surface area contributed by atoms with E-state index in [0.717, 1.165) is 13.1 Å². The smallest absolute Gasteiger partial charge is 0.176 e. The Balaban J connectivity index is 2.81. The van der Waals surface area contributed by atoms with E-state index in [1.165, 1.54) is 4.80 Å². The Morgan fingerprint density at radius 2 is 2.00 bits per heavy atom. The highest BCUT2D eigenvalue weighted by atomic mass is 15.6. The van der Waals surface area contributed by atoms with Crippen LogP contribution in [0.2, 0.25) is 0 Å². The summed E-state index contributed by atoms with van der Waals surface area (Å²) in [5.74, 6) is 6.41. The third-order valence-corrected chi connectivity index (χ3v) is 3.57. The van der Waals surface area contributed by atoms with Crippen molar-refractivity contribution in [3.8, 4) is 0 Å². The van der Waals surface area contributed by atoms with Crippen molar-refractivity contribution >= 4 is 0 Å². The van der Waals surface area contributed by atoms with Gasteiger partial charge in [0.15, 0.2) is 5.82 Å². The van der Waals surface area contributed by atoms with Gasteiger partial charge in [0.05, 0.1) is 7.05 Å². The van der Waals surface area contributed by atoms with Crippen molar-refractivity contribution in [1.82, 2.24) is 30.5 Å². The van der Waals surface area contributed by atoms with E-state index in [4.69, 9.17) is 5.84 Å². The van der Waals surface area contributed by atoms with Gasteiger partial charge in [-0.1, -0.05) is 13.8 Å². The molecule has 0 spiro atoms. The summed E-state index contributed by atoms with van der Waals surface area (Å²) in [6.07, 6.45) is 0.661. The summed E-state index contributed by atoms with van der Waals surface area (Å²) >= 11 is 0. The summed E-state index contributed by atoms with van der Waals surface area (Å²) in [5, 5.41) is 12.1. The van der Waals surface area contributed by atoms with Crippen molar-refractivity contribution in [1.29, 1.82) is 0 Å². The highest BCUT2D eigenvalue weighted by molar-refractivity contribution is 4.97. The summed E-state index contributed by atoms with van der Waals surface area (Å²) in [7, 11) is 1.76. The first-order chi connectivity index (χ1) is 8.45. The van der Waals surface area contributed by atoms with Gasteiger partial charge in [0.2, 0.25) is 0 Å². The van der Waals surface area contributed by atoms with Gasteiger partial charge >= 0.3 is 0 Å². The minimum Gasteiger partial charge on any atom is -0.297 e. The van der Waals surface area contributed by atoms with Crippen LogP contribution >= 0.6 is 0 Å². The molecule has 0 aliphatic rings. The quantitative estimate of drug-likeness (QED) is 0.514. The molecule has 7 heteroatoms. The second kappa shape index (κ2) is 6.21. The van der Waals surface area contributed by atoms with Crippen molar-refractivity contribution in [3.63, 3.8) is 0 Å². The normalized spacial score (nSPS) is 14.2. The molecule has 0 aromatic carbocycles. The predicted octanol–water partition coefficient (Wildman–Crippen LogP) is -0.295. The number of likely N-dealkylation sites (N-methyl/N-ethyl adjacent to an activating group) is 1. The van der Waals surface area contributed by atoms with Crippen molar-refractivity contribution in [2.75, 3.05) is 13.1 Å². The first-order valence-electron chi connectivity index (χ1n) is 6.39. The van der Waals surface area contributed by atoms with Gasteiger partial charge in [-0.3, -0.25) is 16.2 Å². The number of hydrogen-bond acceptors (Lipinski definition) is 6. The largest absolute Gasteiger partial charge is 0.297 e. The summed E-state index contributed by atoms with van der Waals surface area (Å²) in [4.78, 5) is 3.83. The third-order valence-electron chi connectivity index (χ3n) is 3.57. The maximum absolute atomic E-state index is 5.70. The summed E-state index contributed by atoms with van der Waals surface area (Å²) in [5.41, 5.74) is 2.82. The summed E-state index contributed by atoms with van der Waals surface area (Å²) in [6, 6.07) is 0.0709. The minimum atomic E-state index is -0.0720. The van der Waals surface area contributed by atoms with Gasteiger partial charge in [-0.25, -0.2) is 0 Å². The molecule has 0 saturated heterocycles. The van der Waals surface area contributed by atoms with E-state index in [-0.39, 0.29) is 11.6 Å². The van der Waals surface area contributed by atoms with Gasteiger partial charge in [-0.15, -0.1) is 10.2 Å². The van der Waals surface area contributed by atoms with Crippen LogP contribution in [0.3, 0.4) is 0 Å². The van der Waals surface area contributed by atoms with Crippen LogP contribution in [0, 0.1) is 0 Å². The number of aryl methyl sites for hydroxylation is 1. The molecule has 0 amide bonds. The van der Waals surface area contributed by atoms with Crippen LogP contribution in [0.5, 0.6) is 0 Å². The molecule has 1 atom stereocenters. The number of rotatable bonds is 7. The Morgan fingerprint density at radius 3 is 2.39 bits per heavy atom. The summed E-state index contributed by atoms with van der Waals surface area (Å²) < 4.78 is 0. The molecule has 3 N–H and O–H groups in total. The van der Waals surface area contributed by atoms with Crippen molar-refractivity contribution in [2.24, 2.45) is 12.9 Å². The van der Waals surface area contributed by atoms with Crippen molar-refractivity contribution < 1.29 is 0 Å². The fourth-order valence-corrected chi connectivity index (χ4v) is 2.36. The van der Waals surface area contributed by atoms with Gasteiger partial charge in [0, 0.05) is 18.0 Å². The van der Waals surface area contributed by atoms with Crippen LogP contribution in [0.25, 0.3) is 0 Å². The topological polar surface area (TPSA) is 84.9 Å². The molecule has 0 aliphatic heterocycles. The van der Waals surface area contributed by atoms with E-state index in [0.29, 0.717) is 12.2 Å². The second-order valence-corrected chi connectivity index (χ2v) is 4.94. The minimum absolute atomic E-state index is 0.0709. The average molecular weight is 255 g/mol. The fraction of sp³-hybridized carbons (Fsp3) is 0.909. The molecule has 1 rings (SSSR count). The highest BCUT2D eigenvalue weighted by Gasteiger charge is 2.34. The van der Waals surface area contributed by atoms with Crippen LogP contribution in [0.15, 0.2) is 0 Å². The molecule has 0 aliphatic carbocycles. The maximum Gasteiger partial charge on any atom is 0.176 e. The van der Waals surface area contributed by atoms with E-state index in [9.17, 15) is 0 Å². The zero-order valence-electron chi connectivity index (χ0n) is 12.0. The number of nitrogens with zero attached hydrogens (tertiary/aromatic N) is 5. The molecule has 1 unspecified atom stereocenters. The third kappa shape index (κ3) is 3.24. The van der Waals surface area contributed by atoms with E-state index < -0.39 is 0 Å².